The van der Waals surface area contributed by atoms with Gasteiger partial charge in [-0.2, -0.15) is 8.42 Å². The number of ether oxygens (including phenoxy) is 1. The molecular weight excluding hydrogens is 557 g/mol. The van der Waals surface area contributed by atoms with E-state index in [4.69, 9.17) is 27.9 Å². The summed E-state index contributed by atoms with van der Waals surface area (Å²) < 4.78 is 34.5. The number of fused-ring (bicyclic) bond motifs is 1. The predicted molar refractivity (Wildman–Crippen MR) is 141 cm³/mol. The summed E-state index contributed by atoms with van der Waals surface area (Å²) in [6.07, 6.45) is 3.42. The number of piperidine rings is 1. The molecule has 7 nitrogen and oxygen atoms in total. The molecule has 0 unspecified atom stereocenters. The highest BCUT2D eigenvalue weighted by Crippen LogP contribution is 2.31. The van der Waals surface area contributed by atoms with Gasteiger partial charge in [-0.05, 0) is 74.5 Å². The molecular formula is C26H23Cl3N3O4S-. The molecule has 1 fully saturated rings. The first kappa shape index (κ1) is 27.4. The van der Waals surface area contributed by atoms with Crippen LogP contribution in [0.15, 0.2) is 70.0 Å². The van der Waals surface area contributed by atoms with Crippen LogP contribution in [0.5, 0.6) is 5.75 Å². The smallest absolute Gasteiger partial charge is 0.345 e. The number of amidine groups is 1. The van der Waals surface area contributed by atoms with E-state index in [2.05, 4.69) is 14.6 Å². The third kappa shape index (κ3) is 6.10. The Labute approximate surface area is 231 Å². The molecule has 0 amide bonds. The summed E-state index contributed by atoms with van der Waals surface area (Å²) in [5.41, 5.74) is 2.16. The lowest BCUT2D eigenvalue weighted by Gasteiger charge is -2.27. The van der Waals surface area contributed by atoms with E-state index >= 15 is 0 Å². The topological polar surface area (TPSA) is 88.1 Å². The van der Waals surface area contributed by atoms with Gasteiger partial charge in [0.2, 0.25) is 0 Å². The van der Waals surface area contributed by atoms with Gasteiger partial charge in [0.15, 0.2) is 5.84 Å². The van der Waals surface area contributed by atoms with Crippen molar-refractivity contribution in [2.75, 3.05) is 18.4 Å². The Morgan fingerprint density at radius 1 is 1.00 bits per heavy atom. The molecule has 0 atom stereocenters. The maximum absolute atomic E-state index is 12.9. The third-order valence-electron chi connectivity index (χ3n) is 6.15. The van der Waals surface area contributed by atoms with Crippen LogP contribution in [-0.2, 0) is 16.6 Å². The van der Waals surface area contributed by atoms with Gasteiger partial charge in [0.1, 0.15) is 10.6 Å². The average Bonchev–Trinajstić information content (AvgIpc) is 3.11. The lowest BCUT2D eigenvalue weighted by atomic mass is 10.1. The van der Waals surface area contributed by atoms with E-state index in [1.807, 2.05) is 6.07 Å². The van der Waals surface area contributed by atoms with Gasteiger partial charge in [-0.3, -0.25) is 4.90 Å². The Bertz CT molecular complexity index is 1470. The molecule has 11 heteroatoms. The monoisotopic (exact) mass is 578 g/mol. The van der Waals surface area contributed by atoms with Gasteiger partial charge < -0.3 is 22.5 Å². The maximum Gasteiger partial charge on any atom is 0.345 e. The first-order valence-corrected chi connectivity index (χ1v) is 13.7. The standard InChI is InChI=1S/C26H23Cl2N3O4S.ClH/c27-18-8-10-20(22(28)15-18)26(32)35-23-11-9-19(14-17(23)16-31-12-4-1-5-13-31)29-25-21-6-2-3-7-24(21)36(33,34)30-25;/h2-3,6-11,14-15H,1,4-5,12-13,16H2,(H,29,30);1H/p-1. The minimum absolute atomic E-state index is 0. The molecule has 1 saturated heterocycles. The van der Waals surface area contributed by atoms with Gasteiger partial charge >= 0.3 is 5.97 Å². The largest absolute Gasteiger partial charge is 1.00 e. The van der Waals surface area contributed by atoms with E-state index in [1.165, 1.54) is 24.6 Å². The number of nitrogens with zero attached hydrogens (tertiary/aromatic N) is 2. The molecule has 0 aliphatic carbocycles. The van der Waals surface area contributed by atoms with Crippen LogP contribution in [0.4, 0.5) is 5.69 Å². The Morgan fingerprint density at radius 2 is 1.76 bits per heavy atom. The Hall–Kier alpha value is -2.62. The summed E-state index contributed by atoms with van der Waals surface area (Å²) in [4.78, 5) is 15.4. The van der Waals surface area contributed by atoms with Gasteiger partial charge in [-0.25, -0.2) is 4.79 Å². The van der Waals surface area contributed by atoms with Crippen LogP contribution in [-0.4, -0.2) is 38.2 Å². The van der Waals surface area contributed by atoms with Crippen molar-refractivity contribution in [3.05, 3.63) is 87.4 Å². The summed E-state index contributed by atoms with van der Waals surface area (Å²) in [6, 6.07) is 16.6. The minimum atomic E-state index is -3.74. The van der Waals surface area contributed by atoms with Crippen molar-refractivity contribution >= 4 is 50.7 Å². The van der Waals surface area contributed by atoms with Crippen LogP contribution < -0.4 is 22.5 Å². The van der Waals surface area contributed by atoms with Gasteiger partial charge in [0, 0.05) is 28.4 Å². The first-order chi connectivity index (χ1) is 17.3. The van der Waals surface area contributed by atoms with Crippen LogP contribution in [0, 0.1) is 0 Å². The Morgan fingerprint density at radius 3 is 2.51 bits per heavy atom. The zero-order valence-electron chi connectivity index (χ0n) is 19.6. The van der Waals surface area contributed by atoms with Gasteiger partial charge in [-0.15, -0.1) is 4.40 Å². The molecule has 5 rings (SSSR count). The molecule has 1 N–H and O–H groups in total. The number of halogens is 3. The Kier molecular flexibility index (Phi) is 8.46. The van der Waals surface area contributed by atoms with Crippen LogP contribution in [0.1, 0.15) is 40.7 Å². The fraction of sp³-hybridized carbons (Fsp3) is 0.231. The van der Waals surface area contributed by atoms with Crippen molar-refractivity contribution in [1.82, 2.24) is 4.90 Å². The lowest BCUT2D eigenvalue weighted by molar-refractivity contribution is -0.0000222. The van der Waals surface area contributed by atoms with E-state index in [0.29, 0.717) is 28.6 Å². The predicted octanol–water partition coefficient (Wildman–Crippen LogP) is 2.76. The molecule has 0 saturated carbocycles. The van der Waals surface area contributed by atoms with Gasteiger partial charge in [0.25, 0.3) is 10.0 Å². The third-order valence-corrected chi connectivity index (χ3v) is 8.03. The van der Waals surface area contributed by atoms with E-state index in [-0.39, 0.29) is 33.7 Å². The second-order valence-corrected chi connectivity index (χ2v) is 11.1. The molecule has 2 aliphatic rings. The van der Waals surface area contributed by atoms with Crippen molar-refractivity contribution in [2.45, 2.75) is 30.7 Å². The summed E-state index contributed by atoms with van der Waals surface area (Å²) in [5, 5.41) is 3.77. The van der Waals surface area contributed by atoms with Crippen LogP contribution in [0.2, 0.25) is 10.0 Å². The summed E-state index contributed by atoms with van der Waals surface area (Å²) in [7, 11) is -3.74. The summed E-state index contributed by atoms with van der Waals surface area (Å²) in [5.74, 6) is 0.0770. The van der Waals surface area contributed by atoms with Crippen molar-refractivity contribution < 1.29 is 30.4 Å². The number of sulfonamides is 1. The molecule has 194 valence electrons. The quantitative estimate of drug-likeness (QED) is 0.370. The van der Waals surface area contributed by atoms with Crippen LogP contribution in [0.25, 0.3) is 0 Å². The SMILES string of the molecule is O=C(Oc1ccc(NC2=NS(=O)(=O)c3ccccc32)cc1CN1CCCCC1)c1ccc(Cl)cc1Cl.[Cl-]. The van der Waals surface area contributed by atoms with Crippen molar-refractivity contribution in [1.29, 1.82) is 0 Å². The average molecular weight is 580 g/mol. The van der Waals surface area contributed by atoms with E-state index < -0.39 is 16.0 Å². The van der Waals surface area contributed by atoms with Crippen LogP contribution in [0.3, 0.4) is 0 Å². The van der Waals surface area contributed by atoms with E-state index in [9.17, 15) is 13.2 Å². The van der Waals surface area contributed by atoms with Crippen molar-refractivity contribution in [2.24, 2.45) is 4.40 Å². The normalized spacial score (nSPS) is 16.3. The highest BCUT2D eigenvalue weighted by Gasteiger charge is 2.28. The fourth-order valence-corrected chi connectivity index (χ4v) is 6.04. The highest BCUT2D eigenvalue weighted by atomic mass is 35.5. The first-order valence-electron chi connectivity index (χ1n) is 11.5. The molecule has 37 heavy (non-hydrogen) atoms. The number of carbonyl (C=O) groups excluding carboxylic acids is 1. The second-order valence-electron chi connectivity index (χ2n) is 8.71. The molecule has 3 aromatic rings. The number of nitrogens with one attached hydrogen (secondary N) is 1. The van der Waals surface area contributed by atoms with Crippen LogP contribution >= 0.6 is 23.2 Å². The molecule has 2 heterocycles. The highest BCUT2D eigenvalue weighted by molar-refractivity contribution is 7.90. The number of benzene rings is 3. The van der Waals surface area contributed by atoms with Crippen molar-refractivity contribution in [3.8, 4) is 5.75 Å². The number of anilines is 1. The molecule has 2 aliphatic heterocycles. The number of carbonyl (C=O) groups is 1. The van der Waals surface area contributed by atoms with Crippen molar-refractivity contribution in [3.63, 3.8) is 0 Å². The number of hydrogen-bond acceptors (Lipinski definition) is 6. The van der Waals surface area contributed by atoms with E-state index in [0.717, 1.165) is 31.5 Å². The van der Waals surface area contributed by atoms with Gasteiger partial charge in [-0.1, -0.05) is 41.8 Å². The molecule has 0 bridgehead atoms. The molecule has 0 spiro atoms. The van der Waals surface area contributed by atoms with Gasteiger partial charge in [0.05, 0.1) is 10.6 Å². The second kappa shape index (κ2) is 11.4. The van der Waals surface area contributed by atoms with E-state index in [1.54, 1.807) is 36.4 Å². The molecule has 0 aromatic heterocycles. The summed E-state index contributed by atoms with van der Waals surface area (Å²) >= 11 is 12.2. The zero-order chi connectivity index (χ0) is 25.3. The molecule has 0 radical (unpaired) electrons. The number of likely N-dealkylation sites (tertiary alicyclic amines) is 1. The maximum atomic E-state index is 12.9. The summed E-state index contributed by atoms with van der Waals surface area (Å²) in [6.45, 7) is 2.48. The Balaban J connectivity index is 0.00000320. The fourth-order valence-electron chi connectivity index (χ4n) is 4.38. The minimum Gasteiger partial charge on any atom is -1.00 e. The lowest BCUT2D eigenvalue weighted by Crippen LogP contribution is -3.00. The molecule has 3 aromatic carbocycles. The number of esters is 1. The number of hydrogen-bond donors (Lipinski definition) is 1. The zero-order valence-corrected chi connectivity index (χ0v) is 22.7. The number of rotatable bonds is 5.